The number of ether oxygens (including phenoxy) is 2. The number of halogens is 2. The van der Waals surface area contributed by atoms with E-state index in [1.54, 1.807) is 42.5 Å². The summed E-state index contributed by atoms with van der Waals surface area (Å²) in [6, 6.07) is 20.7. The van der Waals surface area contributed by atoms with Gasteiger partial charge in [-0.2, -0.15) is 5.26 Å². The number of benzene rings is 3. The van der Waals surface area contributed by atoms with E-state index in [4.69, 9.17) is 19.7 Å². The van der Waals surface area contributed by atoms with Crippen LogP contribution < -0.4 is 4.74 Å². The minimum atomic E-state index is -1.03. The van der Waals surface area contributed by atoms with Gasteiger partial charge in [0, 0.05) is 30.2 Å². The third kappa shape index (κ3) is 5.42. The summed E-state index contributed by atoms with van der Waals surface area (Å²) < 4.78 is 42.9. The molecule has 0 radical (unpaired) electrons. The molecule has 210 valence electrons. The van der Waals surface area contributed by atoms with E-state index >= 15 is 4.39 Å². The number of fused-ring (bicyclic) bond motifs is 1. The molecule has 1 atom stereocenters. The topological polar surface area (TPSA) is 110 Å². The molecule has 3 heterocycles. The summed E-state index contributed by atoms with van der Waals surface area (Å²) in [4.78, 5) is 20.8. The first-order valence-electron chi connectivity index (χ1n) is 13.3. The van der Waals surface area contributed by atoms with Crippen LogP contribution in [0.15, 0.2) is 72.8 Å². The lowest BCUT2D eigenvalue weighted by Crippen LogP contribution is -2.13. The number of hydrogen-bond donors (Lipinski definition) is 1. The number of hydrogen-bond acceptors (Lipinski definition) is 6. The van der Waals surface area contributed by atoms with E-state index in [0.29, 0.717) is 46.9 Å². The number of pyridine rings is 1. The second-order valence-corrected chi connectivity index (χ2v) is 9.97. The van der Waals surface area contributed by atoms with Crippen LogP contribution in [0, 0.1) is 23.0 Å². The maximum absolute atomic E-state index is 15.5. The highest BCUT2D eigenvalue weighted by molar-refractivity contribution is 5.92. The van der Waals surface area contributed by atoms with Crippen molar-refractivity contribution in [2.45, 2.75) is 25.5 Å². The third-order valence-electron chi connectivity index (χ3n) is 7.26. The van der Waals surface area contributed by atoms with Crippen molar-refractivity contribution in [3.05, 3.63) is 113 Å². The summed E-state index contributed by atoms with van der Waals surface area (Å²) in [6.07, 6.45) is 0.950. The highest BCUT2D eigenvalue weighted by Gasteiger charge is 2.24. The van der Waals surface area contributed by atoms with E-state index in [2.05, 4.69) is 4.98 Å². The largest absolute Gasteiger partial charge is 0.478 e. The normalized spacial score (nSPS) is 14.6. The maximum Gasteiger partial charge on any atom is 0.335 e. The fraction of sp³-hybridized carbons (Fsp3) is 0.188. The molecule has 0 unspecified atom stereocenters. The summed E-state index contributed by atoms with van der Waals surface area (Å²) >= 11 is 0. The smallest absolute Gasteiger partial charge is 0.335 e. The third-order valence-corrected chi connectivity index (χ3v) is 7.26. The molecule has 1 N–H and O–H groups in total. The fourth-order valence-corrected chi connectivity index (χ4v) is 5.10. The van der Waals surface area contributed by atoms with Gasteiger partial charge in [-0.25, -0.2) is 23.5 Å². The van der Waals surface area contributed by atoms with Gasteiger partial charge in [0.05, 0.1) is 46.6 Å². The molecule has 0 bridgehead atoms. The molecule has 1 saturated heterocycles. The average Bonchev–Trinajstić information content (AvgIpc) is 3.65. The molecule has 42 heavy (non-hydrogen) atoms. The van der Waals surface area contributed by atoms with Crippen LogP contribution >= 0.6 is 0 Å². The number of rotatable bonds is 8. The van der Waals surface area contributed by atoms with Gasteiger partial charge >= 0.3 is 5.97 Å². The van der Waals surface area contributed by atoms with E-state index in [0.717, 1.165) is 12.5 Å². The van der Waals surface area contributed by atoms with Crippen LogP contribution in [0.3, 0.4) is 0 Å². The molecule has 1 aliphatic heterocycles. The predicted molar refractivity (Wildman–Crippen MR) is 149 cm³/mol. The van der Waals surface area contributed by atoms with Gasteiger partial charge in [0.1, 0.15) is 24.1 Å². The molecule has 2 aromatic heterocycles. The van der Waals surface area contributed by atoms with Crippen LogP contribution in [0.2, 0.25) is 0 Å². The van der Waals surface area contributed by atoms with Crippen LogP contribution in [0.4, 0.5) is 8.78 Å². The molecular formula is C32H24F2N4O4. The molecule has 0 saturated carbocycles. The highest BCUT2D eigenvalue weighted by atomic mass is 19.1. The van der Waals surface area contributed by atoms with Crippen LogP contribution in [0.25, 0.3) is 22.3 Å². The summed E-state index contributed by atoms with van der Waals surface area (Å²) in [5.41, 5.74) is 3.43. The summed E-state index contributed by atoms with van der Waals surface area (Å²) in [6.45, 7) is 0.977. The zero-order valence-electron chi connectivity index (χ0n) is 22.3. The Bertz CT molecular complexity index is 1860. The zero-order valence-corrected chi connectivity index (χ0v) is 22.3. The van der Waals surface area contributed by atoms with E-state index in [9.17, 15) is 14.3 Å². The first-order valence-corrected chi connectivity index (χ1v) is 13.3. The van der Waals surface area contributed by atoms with Gasteiger partial charge in [-0.1, -0.05) is 24.3 Å². The number of carbonyl (C=O) groups is 1. The van der Waals surface area contributed by atoms with Gasteiger partial charge in [0.25, 0.3) is 0 Å². The van der Waals surface area contributed by atoms with Crippen molar-refractivity contribution < 1.29 is 28.2 Å². The quantitative estimate of drug-likeness (QED) is 0.242. The monoisotopic (exact) mass is 566 g/mol. The second-order valence-electron chi connectivity index (χ2n) is 9.97. The van der Waals surface area contributed by atoms with Gasteiger partial charge in [0.2, 0.25) is 5.88 Å². The van der Waals surface area contributed by atoms with Gasteiger partial charge < -0.3 is 19.1 Å². The first kappa shape index (κ1) is 27.1. The van der Waals surface area contributed by atoms with E-state index in [-0.39, 0.29) is 41.6 Å². The molecule has 0 aliphatic carbocycles. The van der Waals surface area contributed by atoms with Gasteiger partial charge in [-0.15, -0.1) is 0 Å². The van der Waals surface area contributed by atoms with Crippen LogP contribution in [-0.4, -0.2) is 38.8 Å². The van der Waals surface area contributed by atoms with Gasteiger partial charge in [-0.05, 0) is 54.4 Å². The Morgan fingerprint density at radius 3 is 2.62 bits per heavy atom. The lowest BCUT2D eigenvalue weighted by molar-refractivity contribution is 0.0697. The molecule has 8 nitrogen and oxygen atoms in total. The minimum Gasteiger partial charge on any atom is -0.478 e. The average molecular weight is 567 g/mol. The van der Waals surface area contributed by atoms with Crippen LogP contribution in [0.5, 0.6) is 5.88 Å². The molecule has 6 rings (SSSR count). The van der Waals surface area contributed by atoms with E-state index in [1.807, 2.05) is 10.6 Å². The van der Waals surface area contributed by atoms with E-state index < -0.39 is 17.6 Å². The van der Waals surface area contributed by atoms with E-state index in [1.165, 1.54) is 24.3 Å². The first-order chi connectivity index (χ1) is 20.4. The lowest BCUT2D eigenvalue weighted by Gasteiger charge is -2.16. The molecule has 1 aliphatic rings. The number of carboxylic acids is 1. The molecule has 3 aromatic carbocycles. The minimum absolute atomic E-state index is 0.0268. The summed E-state index contributed by atoms with van der Waals surface area (Å²) in [5.74, 6) is -1.14. The molecule has 5 aromatic rings. The molecule has 1 fully saturated rings. The molecule has 0 amide bonds. The van der Waals surface area contributed by atoms with Crippen molar-refractivity contribution in [2.24, 2.45) is 0 Å². The number of nitrogens with zero attached hydrogens (tertiary/aromatic N) is 4. The second kappa shape index (κ2) is 11.4. The SMILES string of the molecule is N#Cc1ccc(COc2cccc(-c3ccc(Cc4nc5ccc(C(=O)O)cc5n4[C@@H]4CCOC4)c(F)c3)n2)c(F)c1. The van der Waals surface area contributed by atoms with Crippen molar-refractivity contribution >= 4 is 17.0 Å². The standard InChI is InChI=1S/C32H24F2N4O4/c33-25-12-19(16-35)4-5-23(25)17-42-31-3-1-2-27(37-31)21-7-6-20(26(34)13-21)15-30-36-28-9-8-22(32(39)40)14-29(28)38(30)24-10-11-41-18-24/h1-9,12-14,24H,10-11,15,17-18H2,(H,39,40)/t24-/m1/s1. The molecular weight excluding hydrogens is 542 g/mol. The zero-order chi connectivity index (χ0) is 29.2. The lowest BCUT2D eigenvalue weighted by atomic mass is 10.0. The fourth-order valence-electron chi connectivity index (χ4n) is 5.10. The maximum atomic E-state index is 15.5. The van der Waals surface area contributed by atoms with Gasteiger partial charge in [0.15, 0.2) is 0 Å². The van der Waals surface area contributed by atoms with Crippen molar-refractivity contribution in [1.29, 1.82) is 5.26 Å². The Morgan fingerprint density at radius 1 is 1.05 bits per heavy atom. The Kier molecular flexibility index (Phi) is 7.33. The number of imidazole rings is 1. The Morgan fingerprint density at radius 2 is 1.88 bits per heavy atom. The number of aromatic carboxylic acids is 1. The Labute approximate surface area is 239 Å². The summed E-state index contributed by atoms with van der Waals surface area (Å²) in [7, 11) is 0. The van der Waals surface area contributed by atoms with Crippen LogP contribution in [-0.2, 0) is 17.8 Å². The van der Waals surface area contributed by atoms with Crippen molar-refractivity contribution in [2.75, 3.05) is 13.2 Å². The Hall–Kier alpha value is -5.14. The number of aromatic nitrogens is 3. The van der Waals surface area contributed by atoms with Crippen molar-refractivity contribution in [3.63, 3.8) is 0 Å². The van der Waals surface area contributed by atoms with Crippen molar-refractivity contribution in [1.82, 2.24) is 14.5 Å². The Balaban J connectivity index is 1.24. The molecule has 0 spiro atoms. The highest BCUT2D eigenvalue weighted by Crippen LogP contribution is 2.30. The molecule has 10 heteroatoms. The van der Waals surface area contributed by atoms with Gasteiger partial charge in [-0.3, -0.25) is 0 Å². The van der Waals surface area contributed by atoms with Crippen molar-refractivity contribution in [3.8, 4) is 23.2 Å². The number of carboxylic acid groups (broad SMARTS) is 1. The summed E-state index contributed by atoms with van der Waals surface area (Å²) in [5, 5.41) is 18.4. The number of nitriles is 1. The van der Waals surface area contributed by atoms with Crippen LogP contribution in [0.1, 0.15) is 45.3 Å². The predicted octanol–water partition coefficient (Wildman–Crippen LogP) is 6.08.